The number of nitrogens with zero attached hydrogens (tertiary/aromatic N) is 1. The monoisotopic (exact) mass is 237 g/mol. The van der Waals surface area contributed by atoms with Gasteiger partial charge in [-0.05, 0) is 18.2 Å². The molecule has 0 aliphatic carbocycles. The average molecular weight is 237 g/mol. The largest absolute Gasteiger partial charge is 0.416 e. The highest BCUT2D eigenvalue weighted by Gasteiger charge is 2.30. The molecule has 2 nitrogen and oxygen atoms in total. The zero-order chi connectivity index (χ0) is 12.9. The minimum absolute atomic E-state index is 0.0423. The Morgan fingerprint density at radius 1 is 1.35 bits per heavy atom. The Kier molecular flexibility index (Phi) is 3.90. The summed E-state index contributed by atoms with van der Waals surface area (Å²) in [6.45, 7) is 0. The number of alkyl halides is 3. The van der Waals surface area contributed by atoms with Crippen LogP contribution in [-0.4, -0.2) is 6.29 Å². The van der Waals surface area contributed by atoms with Crippen molar-refractivity contribution in [3.8, 4) is 17.9 Å². The lowest BCUT2D eigenvalue weighted by molar-refractivity contribution is -0.137. The molecule has 1 aromatic rings. The van der Waals surface area contributed by atoms with Gasteiger partial charge in [-0.3, -0.25) is 4.79 Å². The highest BCUT2D eigenvalue weighted by Crippen LogP contribution is 2.30. The molecule has 0 spiro atoms. The van der Waals surface area contributed by atoms with Crippen molar-refractivity contribution >= 4 is 6.29 Å². The van der Waals surface area contributed by atoms with Crippen LogP contribution in [0.3, 0.4) is 0 Å². The number of aldehydes is 1. The molecule has 0 radical (unpaired) electrons. The maximum Gasteiger partial charge on any atom is 0.416 e. The molecule has 0 N–H and O–H groups in total. The van der Waals surface area contributed by atoms with Gasteiger partial charge in [0.05, 0.1) is 18.1 Å². The topological polar surface area (TPSA) is 40.9 Å². The summed E-state index contributed by atoms with van der Waals surface area (Å²) in [6.07, 6.45) is -4.22. The van der Waals surface area contributed by atoms with E-state index >= 15 is 0 Å². The van der Waals surface area contributed by atoms with Crippen molar-refractivity contribution in [2.75, 3.05) is 0 Å². The van der Waals surface area contributed by atoms with Crippen LogP contribution in [-0.2, 0) is 6.18 Å². The summed E-state index contributed by atoms with van der Waals surface area (Å²) < 4.78 is 37.0. The minimum atomic E-state index is -4.49. The second kappa shape index (κ2) is 5.18. The number of benzene rings is 1. The molecule has 0 atom stereocenters. The van der Waals surface area contributed by atoms with E-state index in [1.54, 1.807) is 6.07 Å². The third kappa shape index (κ3) is 3.35. The molecule has 17 heavy (non-hydrogen) atoms. The van der Waals surface area contributed by atoms with E-state index in [4.69, 9.17) is 5.26 Å². The van der Waals surface area contributed by atoms with Gasteiger partial charge in [0.2, 0.25) is 0 Å². The Bertz CT molecular complexity index is 529. The first kappa shape index (κ1) is 12.8. The van der Waals surface area contributed by atoms with E-state index in [0.717, 1.165) is 18.2 Å². The van der Waals surface area contributed by atoms with Gasteiger partial charge in [-0.15, -0.1) is 0 Å². The number of carbonyl (C=O) groups excluding carboxylic acids is 1. The minimum Gasteiger partial charge on any atom is -0.298 e. The van der Waals surface area contributed by atoms with Gasteiger partial charge in [0.25, 0.3) is 0 Å². The molecule has 1 rings (SSSR count). The van der Waals surface area contributed by atoms with E-state index in [2.05, 4.69) is 11.8 Å². The van der Waals surface area contributed by atoms with Gasteiger partial charge in [0.1, 0.15) is 0 Å². The number of hydrogen-bond acceptors (Lipinski definition) is 2. The van der Waals surface area contributed by atoms with Crippen molar-refractivity contribution in [1.82, 2.24) is 0 Å². The summed E-state index contributed by atoms with van der Waals surface area (Å²) >= 11 is 0. The number of halogens is 3. The van der Waals surface area contributed by atoms with E-state index < -0.39 is 11.7 Å². The van der Waals surface area contributed by atoms with E-state index in [-0.39, 0.29) is 17.5 Å². The lowest BCUT2D eigenvalue weighted by Crippen LogP contribution is -2.06. The summed E-state index contributed by atoms with van der Waals surface area (Å²) in [7, 11) is 0. The van der Waals surface area contributed by atoms with Gasteiger partial charge in [0.15, 0.2) is 6.29 Å². The molecule has 0 aliphatic heterocycles. The lowest BCUT2D eigenvalue weighted by Gasteiger charge is -2.07. The normalized spacial score (nSPS) is 10.0. The van der Waals surface area contributed by atoms with Crippen molar-refractivity contribution in [2.45, 2.75) is 12.6 Å². The second-order valence-electron chi connectivity index (χ2n) is 3.05. The predicted molar refractivity (Wildman–Crippen MR) is 53.9 cm³/mol. The summed E-state index contributed by atoms with van der Waals surface area (Å²) in [6, 6.07) is 4.48. The molecule has 5 heteroatoms. The van der Waals surface area contributed by atoms with Crippen LogP contribution in [0.5, 0.6) is 0 Å². The standard InChI is InChI=1S/C12H6F3NO/c13-12(14,15)11-5-4-9(3-1-2-6-16)10(7-11)8-17/h4-5,7-8H,2H2. The Labute approximate surface area is 95.7 Å². The molecule has 0 aromatic heterocycles. The Balaban J connectivity index is 3.17. The predicted octanol–water partition coefficient (Wildman–Crippen LogP) is 2.78. The fraction of sp³-hybridized carbons (Fsp3) is 0.167. The molecular formula is C12H6F3NO. The number of nitriles is 1. The van der Waals surface area contributed by atoms with Crippen LogP contribution in [0.2, 0.25) is 0 Å². The Morgan fingerprint density at radius 2 is 2.06 bits per heavy atom. The SMILES string of the molecule is N#CCC#Cc1ccc(C(F)(F)F)cc1C=O. The summed E-state index contributed by atoms with van der Waals surface area (Å²) in [5.41, 5.74) is -0.848. The third-order valence-electron chi connectivity index (χ3n) is 1.90. The number of hydrogen-bond donors (Lipinski definition) is 0. The van der Waals surface area contributed by atoms with Crippen molar-refractivity contribution in [1.29, 1.82) is 5.26 Å². The van der Waals surface area contributed by atoms with Gasteiger partial charge in [0, 0.05) is 11.1 Å². The molecule has 0 saturated carbocycles. The van der Waals surface area contributed by atoms with E-state index in [9.17, 15) is 18.0 Å². The Hall–Kier alpha value is -2.27. The van der Waals surface area contributed by atoms with Gasteiger partial charge in [-0.2, -0.15) is 18.4 Å². The molecule has 0 unspecified atom stereocenters. The van der Waals surface area contributed by atoms with Crippen LogP contribution < -0.4 is 0 Å². The fourth-order valence-corrected chi connectivity index (χ4v) is 1.13. The average Bonchev–Trinajstić information content (AvgIpc) is 2.28. The second-order valence-corrected chi connectivity index (χ2v) is 3.05. The zero-order valence-corrected chi connectivity index (χ0v) is 8.51. The first-order valence-electron chi connectivity index (χ1n) is 4.51. The Morgan fingerprint density at radius 3 is 2.59 bits per heavy atom. The molecular weight excluding hydrogens is 231 g/mol. The van der Waals surface area contributed by atoms with Crippen LogP contribution in [0.1, 0.15) is 27.9 Å². The molecule has 86 valence electrons. The smallest absolute Gasteiger partial charge is 0.298 e. The van der Waals surface area contributed by atoms with E-state index in [0.29, 0.717) is 6.29 Å². The highest BCUT2D eigenvalue weighted by molar-refractivity contribution is 5.79. The van der Waals surface area contributed by atoms with Crippen LogP contribution in [0.25, 0.3) is 0 Å². The van der Waals surface area contributed by atoms with Crippen LogP contribution >= 0.6 is 0 Å². The van der Waals surface area contributed by atoms with Gasteiger partial charge < -0.3 is 0 Å². The first-order chi connectivity index (χ1) is 7.99. The maximum absolute atomic E-state index is 12.3. The maximum atomic E-state index is 12.3. The van der Waals surface area contributed by atoms with Crippen LogP contribution in [0.4, 0.5) is 13.2 Å². The third-order valence-corrected chi connectivity index (χ3v) is 1.90. The summed E-state index contributed by atoms with van der Waals surface area (Å²) in [4.78, 5) is 10.6. The molecule has 0 bridgehead atoms. The fourth-order valence-electron chi connectivity index (χ4n) is 1.13. The highest BCUT2D eigenvalue weighted by atomic mass is 19.4. The first-order valence-corrected chi connectivity index (χ1v) is 4.51. The quantitative estimate of drug-likeness (QED) is 0.556. The van der Waals surface area contributed by atoms with Gasteiger partial charge in [-0.1, -0.05) is 11.8 Å². The van der Waals surface area contributed by atoms with Crippen LogP contribution in [0.15, 0.2) is 18.2 Å². The van der Waals surface area contributed by atoms with Crippen molar-refractivity contribution in [2.24, 2.45) is 0 Å². The molecule has 0 fully saturated rings. The molecule has 0 heterocycles. The zero-order valence-electron chi connectivity index (χ0n) is 8.51. The van der Waals surface area contributed by atoms with Gasteiger partial charge >= 0.3 is 6.18 Å². The number of carbonyl (C=O) groups is 1. The van der Waals surface area contributed by atoms with Gasteiger partial charge in [-0.25, -0.2) is 0 Å². The number of rotatable bonds is 1. The van der Waals surface area contributed by atoms with Crippen molar-refractivity contribution in [3.05, 3.63) is 34.9 Å². The van der Waals surface area contributed by atoms with Crippen molar-refractivity contribution < 1.29 is 18.0 Å². The molecule has 0 aliphatic rings. The van der Waals surface area contributed by atoms with Crippen molar-refractivity contribution in [3.63, 3.8) is 0 Å². The molecule has 0 amide bonds. The van der Waals surface area contributed by atoms with Crippen LogP contribution in [0, 0.1) is 23.2 Å². The molecule has 0 saturated heterocycles. The lowest BCUT2D eigenvalue weighted by atomic mass is 10.0. The summed E-state index contributed by atoms with van der Waals surface area (Å²) in [5.74, 6) is 4.91. The van der Waals surface area contributed by atoms with E-state index in [1.165, 1.54) is 0 Å². The molecule has 1 aromatic carbocycles. The summed E-state index contributed by atoms with van der Waals surface area (Å²) in [5, 5.41) is 8.25. The van der Waals surface area contributed by atoms with E-state index in [1.807, 2.05) is 0 Å².